The van der Waals surface area contributed by atoms with Gasteiger partial charge in [0, 0.05) is 23.5 Å². The highest BCUT2D eigenvalue weighted by molar-refractivity contribution is 7.11. The van der Waals surface area contributed by atoms with Crippen LogP contribution in [-0.4, -0.2) is 30.0 Å². The molecule has 0 saturated heterocycles. The molecule has 0 atom stereocenters. The molecule has 1 heterocycles. The van der Waals surface area contributed by atoms with Gasteiger partial charge in [-0.3, -0.25) is 4.79 Å². The maximum absolute atomic E-state index is 11.9. The Morgan fingerprint density at radius 3 is 2.29 bits per heavy atom. The number of urea groups is 1. The zero-order valence-electron chi connectivity index (χ0n) is 14.1. The minimum Gasteiger partial charge on any atom is -0.350 e. The molecule has 1 aromatic heterocycles. The summed E-state index contributed by atoms with van der Waals surface area (Å²) >= 11 is 1.58. The second kappa shape index (κ2) is 8.44. The maximum atomic E-state index is 11.9. The molecule has 3 N–H and O–H groups in total. The number of rotatable bonds is 6. The normalized spacial score (nSPS) is 10.3. The van der Waals surface area contributed by atoms with E-state index in [1.165, 1.54) is 0 Å². The van der Waals surface area contributed by atoms with Crippen LogP contribution in [0.5, 0.6) is 0 Å². The van der Waals surface area contributed by atoms with E-state index < -0.39 is 0 Å². The number of hydrogen-bond acceptors (Lipinski definition) is 4. The van der Waals surface area contributed by atoms with Crippen LogP contribution in [0, 0.1) is 20.8 Å². The van der Waals surface area contributed by atoms with Crippen molar-refractivity contribution in [1.82, 2.24) is 20.9 Å². The van der Waals surface area contributed by atoms with Crippen molar-refractivity contribution in [1.29, 1.82) is 0 Å². The summed E-state index contributed by atoms with van der Waals surface area (Å²) in [6, 6.07) is 7.07. The molecule has 2 aromatic rings. The molecule has 6 nitrogen and oxygen atoms in total. The van der Waals surface area contributed by atoms with Gasteiger partial charge in [0.25, 0.3) is 5.91 Å². The molecule has 7 heteroatoms. The third-order valence-electron chi connectivity index (χ3n) is 3.48. The number of aromatic nitrogens is 1. The average Bonchev–Trinajstić information content (AvgIpc) is 2.88. The fraction of sp³-hybridized carbons (Fsp3) is 0.353. The molecule has 24 heavy (non-hydrogen) atoms. The van der Waals surface area contributed by atoms with Crippen molar-refractivity contribution in [2.75, 3.05) is 13.1 Å². The third-order valence-corrected chi connectivity index (χ3v) is 4.56. The average molecular weight is 346 g/mol. The minimum atomic E-state index is -0.273. The fourth-order valence-electron chi connectivity index (χ4n) is 1.99. The van der Waals surface area contributed by atoms with E-state index in [2.05, 4.69) is 20.9 Å². The number of hydrogen-bond donors (Lipinski definition) is 3. The number of carbonyl (C=O) groups is 2. The van der Waals surface area contributed by atoms with E-state index in [1.54, 1.807) is 23.5 Å². The molecule has 0 bridgehead atoms. The van der Waals surface area contributed by atoms with Gasteiger partial charge in [-0.2, -0.15) is 0 Å². The quantitative estimate of drug-likeness (QED) is 0.702. The topological polar surface area (TPSA) is 83.1 Å². The van der Waals surface area contributed by atoms with Gasteiger partial charge in [0.2, 0.25) is 0 Å². The van der Waals surface area contributed by atoms with E-state index in [-0.39, 0.29) is 11.9 Å². The van der Waals surface area contributed by atoms with E-state index in [0.717, 1.165) is 21.1 Å². The highest BCUT2D eigenvalue weighted by Crippen LogP contribution is 2.15. The summed E-state index contributed by atoms with van der Waals surface area (Å²) in [6.07, 6.45) is 0. The summed E-state index contributed by atoms with van der Waals surface area (Å²) in [7, 11) is 0. The summed E-state index contributed by atoms with van der Waals surface area (Å²) in [5.74, 6) is -0.147. The summed E-state index contributed by atoms with van der Waals surface area (Å²) in [4.78, 5) is 29.1. The predicted octanol–water partition coefficient (Wildman–Crippen LogP) is 2.30. The molecule has 2 rings (SSSR count). The molecule has 3 amide bonds. The van der Waals surface area contributed by atoms with E-state index in [9.17, 15) is 9.59 Å². The van der Waals surface area contributed by atoms with Crippen molar-refractivity contribution in [2.24, 2.45) is 0 Å². The molecule has 0 aliphatic carbocycles. The predicted molar refractivity (Wildman–Crippen MR) is 95.3 cm³/mol. The summed E-state index contributed by atoms with van der Waals surface area (Å²) in [6.45, 7) is 7.06. The first-order valence-electron chi connectivity index (χ1n) is 7.75. The molecule has 0 aliphatic rings. The van der Waals surface area contributed by atoms with Gasteiger partial charge in [-0.1, -0.05) is 17.7 Å². The van der Waals surface area contributed by atoms with Crippen LogP contribution in [0.3, 0.4) is 0 Å². The van der Waals surface area contributed by atoms with Crippen molar-refractivity contribution < 1.29 is 9.59 Å². The molecule has 1 aromatic carbocycles. The highest BCUT2D eigenvalue weighted by atomic mass is 32.1. The van der Waals surface area contributed by atoms with Gasteiger partial charge in [0.15, 0.2) is 0 Å². The molecular formula is C17H22N4O2S. The Morgan fingerprint density at radius 1 is 1.00 bits per heavy atom. The molecule has 0 saturated carbocycles. The molecule has 0 fully saturated rings. The third kappa shape index (κ3) is 5.34. The molecule has 0 unspecified atom stereocenters. The Kier molecular flexibility index (Phi) is 6.31. The van der Waals surface area contributed by atoms with Crippen LogP contribution in [0.2, 0.25) is 0 Å². The number of benzene rings is 1. The van der Waals surface area contributed by atoms with Crippen LogP contribution in [0.15, 0.2) is 24.3 Å². The van der Waals surface area contributed by atoms with Gasteiger partial charge < -0.3 is 16.0 Å². The Labute approximate surface area is 145 Å². The van der Waals surface area contributed by atoms with Crippen molar-refractivity contribution in [2.45, 2.75) is 27.3 Å². The second-order valence-corrected chi connectivity index (χ2v) is 6.77. The fourth-order valence-corrected chi connectivity index (χ4v) is 2.87. The second-order valence-electron chi connectivity index (χ2n) is 5.48. The van der Waals surface area contributed by atoms with Gasteiger partial charge in [-0.25, -0.2) is 9.78 Å². The van der Waals surface area contributed by atoms with Crippen molar-refractivity contribution in [3.05, 3.63) is 51.0 Å². The Morgan fingerprint density at radius 2 is 1.67 bits per heavy atom. The lowest BCUT2D eigenvalue weighted by molar-refractivity contribution is 0.0954. The molecule has 0 radical (unpaired) electrons. The largest absolute Gasteiger partial charge is 0.350 e. The number of nitrogens with one attached hydrogen (secondary N) is 3. The van der Waals surface area contributed by atoms with Gasteiger partial charge in [0.1, 0.15) is 5.01 Å². The standard InChI is InChI=1S/C17H22N4O2S/c1-11-4-6-14(7-5-11)16(22)18-8-9-19-17(23)20-10-15-21-12(2)13(3)24-15/h4-7H,8-10H2,1-3H3,(H,18,22)(H2,19,20,23). The van der Waals surface area contributed by atoms with E-state index >= 15 is 0 Å². The van der Waals surface area contributed by atoms with E-state index in [0.29, 0.717) is 25.2 Å². The van der Waals surface area contributed by atoms with Crippen LogP contribution < -0.4 is 16.0 Å². The van der Waals surface area contributed by atoms with Gasteiger partial charge in [0.05, 0.1) is 12.2 Å². The lowest BCUT2D eigenvalue weighted by atomic mass is 10.1. The summed E-state index contributed by atoms with van der Waals surface area (Å²) in [5, 5.41) is 9.10. The van der Waals surface area contributed by atoms with Crippen molar-refractivity contribution in [3.63, 3.8) is 0 Å². The van der Waals surface area contributed by atoms with Crippen LogP contribution >= 0.6 is 11.3 Å². The zero-order chi connectivity index (χ0) is 17.5. The van der Waals surface area contributed by atoms with Crippen LogP contribution in [0.1, 0.15) is 31.5 Å². The van der Waals surface area contributed by atoms with Crippen molar-refractivity contribution >= 4 is 23.3 Å². The smallest absolute Gasteiger partial charge is 0.315 e. The Balaban J connectivity index is 1.63. The number of nitrogens with zero attached hydrogens (tertiary/aromatic N) is 1. The minimum absolute atomic E-state index is 0.147. The number of aryl methyl sites for hydroxylation is 3. The van der Waals surface area contributed by atoms with E-state index in [4.69, 9.17) is 0 Å². The first-order chi connectivity index (χ1) is 11.5. The zero-order valence-corrected chi connectivity index (χ0v) is 14.9. The SMILES string of the molecule is Cc1ccc(C(=O)NCCNC(=O)NCc2nc(C)c(C)s2)cc1. The first kappa shape index (κ1) is 17.9. The summed E-state index contributed by atoms with van der Waals surface area (Å²) in [5.41, 5.74) is 2.71. The van der Waals surface area contributed by atoms with Crippen molar-refractivity contribution in [3.8, 4) is 0 Å². The Bertz CT molecular complexity index is 690. The van der Waals surface area contributed by atoms with Crippen LogP contribution in [-0.2, 0) is 6.54 Å². The Hall–Kier alpha value is -2.41. The van der Waals surface area contributed by atoms with E-state index in [1.807, 2.05) is 32.9 Å². The summed E-state index contributed by atoms with van der Waals surface area (Å²) < 4.78 is 0. The van der Waals surface area contributed by atoms with Gasteiger partial charge >= 0.3 is 6.03 Å². The molecule has 0 spiro atoms. The highest BCUT2D eigenvalue weighted by Gasteiger charge is 2.07. The monoisotopic (exact) mass is 346 g/mol. The molecular weight excluding hydrogens is 324 g/mol. The lowest BCUT2D eigenvalue weighted by Gasteiger charge is -2.08. The molecule has 128 valence electrons. The number of thiazole rings is 1. The van der Waals surface area contributed by atoms with Crippen LogP contribution in [0.25, 0.3) is 0 Å². The maximum Gasteiger partial charge on any atom is 0.315 e. The van der Waals surface area contributed by atoms with Gasteiger partial charge in [-0.05, 0) is 32.9 Å². The first-order valence-corrected chi connectivity index (χ1v) is 8.57. The number of amides is 3. The van der Waals surface area contributed by atoms with Crippen LogP contribution in [0.4, 0.5) is 4.79 Å². The van der Waals surface area contributed by atoms with Gasteiger partial charge in [-0.15, -0.1) is 11.3 Å². The molecule has 0 aliphatic heterocycles. The lowest BCUT2D eigenvalue weighted by Crippen LogP contribution is -2.40. The number of carbonyl (C=O) groups excluding carboxylic acids is 2.